The predicted molar refractivity (Wildman–Crippen MR) is 256 cm³/mol. The average Bonchev–Trinajstić information content (AvgIpc) is 3.21. The van der Waals surface area contributed by atoms with Crippen molar-refractivity contribution in [2.75, 3.05) is 49.2 Å². The zero-order chi connectivity index (χ0) is 43.8. The molecule has 5 N–H and O–H groups in total. The number of para-hydroxylation sites is 1. The first-order valence-electron chi connectivity index (χ1n) is 22.0. The van der Waals surface area contributed by atoms with Crippen molar-refractivity contribution in [2.24, 2.45) is 23.4 Å². The van der Waals surface area contributed by atoms with Gasteiger partial charge in [0.1, 0.15) is 0 Å². The first kappa shape index (κ1) is 55.3. The minimum Gasteiger partial charge on any atom is -0.400 e. The molecule has 7 heteroatoms. The first-order valence-corrected chi connectivity index (χ1v) is 22.0. The van der Waals surface area contributed by atoms with Gasteiger partial charge in [-0.1, -0.05) is 149 Å². The summed E-state index contributed by atoms with van der Waals surface area (Å²) >= 11 is 0. The van der Waals surface area contributed by atoms with Crippen LogP contribution in [0.4, 0.5) is 11.4 Å². The molecule has 0 bridgehead atoms. The van der Waals surface area contributed by atoms with E-state index in [9.17, 15) is 4.79 Å². The summed E-state index contributed by atoms with van der Waals surface area (Å²) in [6, 6.07) is 19.0. The highest BCUT2D eigenvalue weighted by Gasteiger charge is 2.17. The number of benzene rings is 2. The number of hydrogen-bond donors (Lipinski definition) is 3. The number of carbonyl (C=O) groups excluding carboxylic acids is 1. The Balaban J connectivity index is 0. The molecule has 2 aromatic rings. The van der Waals surface area contributed by atoms with Crippen molar-refractivity contribution in [2.45, 2.75) is 141 Å². The lowest BCUT2D eigenvalue weighted by atomic mass is 9.96. The zero-order valence-corrected chi connectivity index (χ0v) is 39.3. The quantitative estimate of drug-likeness (QED) is 0.0636. The highest BCUT2D eigenvalue weighted by molar-refractivity contribution is 5.96. The van der Waals surface area contributed by atoms with Gasteiger partial charge in [-0.15, -0.1) is 0 Å². The topological polar surface area (TPSA) is 90.9 Å². The van der Waals surface area contributed by atoms with E-state index in [1.165, 1.54) is 41.7 Å². The molecule has 1 saturated heterocycles. The molecule has 0 radical (unpaired) electrons. The Morgan fingerprint density at radius 2 is 1.49 bits per heavy atom. The Bertz CT molecular complexity index is 1400. The number of hydrazine groups is 1. The highest BCUT2D eigenvalue weighted by atomic mass is 16.1. The number of carbonyl (C=O) groups is 1. The molecule has 1 heterocycles. The molecular formula is C50H88N6O. The molecular weight excluding hydrogens is 701 g/mol. The van der Waals surface area contributed by atoms with Crippen molar-refractivity contribution < 1.29 is 4.79 Å². The van der Waals surface area contributed by atoms with E-state index in [0.717, 1.165) is 81.4 Å². The molecule has 2 unspecified atom stereocenters. The highest BCUT2D eigenvalue weighted by Crippen LogP contribution is 2.23. The number of hydrogen-bond acceptors (Lipinski definition) is 7. The number of rotatable bonds is 17. The fourth-order valence-corrected chi connectivity index (χ4v) is 5.85. The number of allylic oxidation sites excluding steroid dienone is 4. The van der Waals surface area contributed by atoms with Gasteiger partial charge in [0.2, 0.25) is 0 Å². The number of anilines is 2. The van der Waals surface area contributed by atoms with Gasteiger partial charge in [0.25, 0.3) is 0 Å². The summed E-state index contributed by atoms with van der Waals surface area (Å²) in [7, 11) is 0. The van der Waals surface area contributed by atoms with Crippen LogP contribution in [0.25, 0.3) is 0 Å². The largest absolute Gasteiger partial charge is 0.400 e. The molecule has 324 valence electrons. The average molecular weight is 789 g/mol. The number of ketones is 1. The van der Waals surface area contributed by atoms with Gasteiger partial charge < -0.3 is 16.0 Å². The normalized spacial score (nSPS) is 14.4. The van der Waals surface area contributed by atoms with Gasteiger partial charge in [-0.3, -0.25) is 14.7 Å². The van der Waals surface area contributed by atoms with Gasteiger partial charge in [0, 0.05) is 62.4 Å². The first-order chi connectivity index (χ1) is 27.2. The summed E-state index contributed by atoms with van der Waals surface area (Å²) in [4.78, 5) is 16.3. The molecule has 0 spiro atoms. The maximum atomic E-state index is 11.5. The summed E-state index contributed by atoms with van der Waals surface area (Å²) < 4.78 is 0. The van der Waals surface area contributed by atoms with Crippen LogP contribution in [0, 0.1) is 11.8 Å². The van der Waals surface area contributed by atoms with Crippen LogP contribution in [0.15, 0.2) is 102 Å². The van der Waals surface area contributed by atoms with Crippen molar-refractivity contribution in [3.63, 3.8) is 0 Å². The third-order valence-corrected chi connectivity index (χ3v) is 10.1. The molecule has 1 fully saturated rings. The van der Waals surface area contributed by atoms with Crippen LogP contribution in [-0.4, -0.2) is 50.0 Å². The Kier molecular flexibility index (Phi) is 33.2. The standard InChI is InChI=1S/C23H33N5.C14H24O.C7H16.C4H9N.C2H6/c1-3-19(2)20-8-7-11-23(16-20)28(25)18-21(24)17-26-12-14-27(15-13-26)22-9-5-4-6-10-22;1-7-8-11(4)14(13(6)15)9-12(5)10(2)3;1-4-6-7(3)5-2;1-3-5-4-2;1-2/h4-11,16,18-19H,3,12-15,17,24-25H2,1-2H3;9-10H,7-8H2,1-6H3;7H,4-6H2,1-3H3;3,5H,1,4H2,2H3;1-2H3/b21-18-;12-9-,14-11+;;;. The number of piperazine rings is 1. The van der Waals surface area contributed by atoms with Gasteiger partial charge in [0.15, 0.2) is 5.78 Å². The van der Waals surface area contributed by atoms with E-state index in [2.05, 4.69) is 146 Å². The number of Topliss-reactive ketones (excluding diaryl/α,β-unsaturated/α-hetero) is 1. The lowest BCUT2D eigenvalue weighted by molar-refractivity contribution is -0.113. The fraction of sp³-hybridized carbons (Fsp3) is 0.580. The molecule has 2 atom stereocenters. The second kappa shape index (κ2) is 34.3. The van der Waals surface area contributed by atoms with Crippen LogP contribution in [0.1, 0.15) is 147 Å². The zero-order valence-electron chi connectivity index (χ0n) is 39.3. The van der Waals surface area contributed by atoms with E-state index in [1.807, 2.05) is 33.0 Å². The Morgan fingerprint density at radius 3 is 1.93 bits per heavy atom. The van der Waals surface area contributed by atoms with Crippen molar-refractivity contribution in [1.82, 2.24) is 10.2 Å². The van der Waals surface area contributed by atoms with Crippen LogP contribution in [0.5, 0.6) is 0 Å². The molecule has 0 saturated carbocycles. The Labute approximate surface area is 352 Å². The van der Waals surface area contributed by atoms with Crippen molar-refractivity contribution >= 4 is 17.2 Å². The predicted octanol–water partition coefficient (Wildman–Crippen LogP) is 12.4. The molecule has 1 aliphatic heterocycles. The molecule has 3 rings (SSSR count). The van der Waals surface area contributed by atoms with Crippen LogP contribution >= 0.6 is 0 Å². The summed E-state index contributed by atoms with van der Waals surface area (Å²) in [5, 5.41) is 4.52. The van der Waals surface area contributed by atoms with E-state index in [4.69, 9.17) is 11.6 Å². The fourth-order valence-electron chi connectivity index (χ4n) is 5.85. The van der Waals surface area contributed by atoms with Crippen molar-refractivity contribution in [3.05, 3.63) is 108 Å². The van der Waals surface area contributed by atoms with Crippen LogP contribution in [0.3, 0.4) is 0 Å². The van der Waals surface area contributed by atoms with Gasteiger partial charge in [-0.2, -0.15) is 0 Å². The van der Waals surface area contributed by atoms with Gasteiger partial charge in [0.05, 0.1) is 5.69 Å². The minimum atomic E-state index is 0.181. The Hall–Kier alpha value is -3.81. The summed E-state index contributed by atoms with van der Waals surface area (Å²) in [6.45, 7) is 38.7. The third kappa shape index (κ3) is 25.2. The Morgan fingerprint density at radius 1 is 0.877 bits per heavy atom. The summed E-state index contributed by atoms with van der Waals surface area (Å²) in [6.07, 6.45) is 12.9. The summed E-state index contributed by atoms with van der Waals surface area (Å²) in [5.41, 5.74) is 14.0. The van der Waals surface area contributed by atoms with Gasteiger partial charge in [-0.25, -0.2) is 5.84 Å². The molecule has 1 aliphatic rings. The van der Waals surface area contributed by atoms with E-state index in [-0.39, 0.29) is 5.78 Å². The minimum absolute atomic E-state index is 0.181. The SMILES string of the molecule is C=CNCC.CC.CCC(C)c1cccc(N(N)/C=C(\N)CN2CCN(c3ccccc3)CC2)c1.CCC/C(C)=C(\C=C(\C)C(C)C)C(C)=O.CCCC(C)CC. The summed E-state index contributed by atoms with van der Waals surface area (Å²) in [5.74, 6) is 8.42. The smallest absolute Gasteiger partial charge is 0.159 e. The van der Waals surface area contributed by atoms with E-state index >= 15 is 0 Å². The number of nitrogens with one attached hydrogen (secondary N) is 1. The van der Waals surface area contributed by atoms with E-state index in [0.29, 0.717) is 11.8 Å². The van der Waals surface area contributed by atoms with Crippen molar-refractivity contribution in [3.8, 4) is 0 Å². The molecule has 57 heavy (non-hydrogen) atoms. The maximum absolute atomic E-state index is 11.5. The molecule has 0 aliphatic carbocycles. The van der Waals surface area contributed by atoms with E-state index in [1.54, 1.807) is 18.1 Å². The lowest BCUT2D eigenvalue weighted by Crippen LogP contribution is -2.47. The van der Waals surface area contributed by atoms with Crippen LogP contribution in [0.2, 0.25) is 0 Å². The monoisotopic (exact) mass is 789 g/mol. The van der Waals surface area contributed by atoms with Crippen LogP contribution < -0.4 is 26.8 Å². The van der Waals surface area contributed by atoms with Gasteiger partial charge in [-0.05, 0) is 94.3 Å². The number of nitrogens with two attached hydrogens (primary N) is 2. The molecule has 0 aromatic heterocycles. The maximum Gasteiger partial charge on any atom is 0.159 e. The second-order valence-corrected chi connectivity index (χ2v) is 15.2. The lowest BCUT2D eigenvalue weighted by Gasteiger charge is -2.36. The van der Waals surface area contributed by atoms with E-state index < -0.39 is 0 Å². The molecule has 7 nitrogen and oxygen atoms in total. The molecule has 0 amide bonds. The second-order valence-electron chi connectivity index (χ2n) is 15.2. The van der Waals surface area contributed by atoms with Gasteiger partial charge >= 0.3 is 0 Å². The van der Waals surface area contributed by atoms with Crippen LogP contribution in [-0.2, 0) is 4.79 Å². The third-order valence-electron chi connectivity index (χ3n) is 10.1. The number of nitrogens with zero attached hydrogens (tertiary/aromatic N) is 3. The molecule has 2 aromatic carbocycles. The van der Waals surface area contributed by atoms with Crippen molar-refractivity contribution in [1.29, 1.82) is 0 Å².